The molecular formula is C15H14N2O. The molecule has 1 N–H and O–H groups in total. The summed E-state index contributed by atoms with van der Waals surface area (Å²) in [4.78, 5) is 4.65. The third-order valence-corrected chi connectivity index (χ3v) is 3.01. The highest BCUT2D eigenvalue weighted by Crippen LogP contribution is 2.24. The van der Waals surface area contributed by atoms with Crippen LogP contribution in [0.1, 0.15) is 0 Å². The number of hydrogen-bond donors (Lipinski definition) is 1. The van der Waals surface area contributed by atoms with Gasteiger partial charge in [-0.3, -0.25) is 0 Å². The molecule has 1 aromatic heterocycles. The van der Waals surface area contributed by atoms with Gasteiger partial charge in [-0.25, -0.2) is 4.98 Å². The molecule has 0 aliphatic carbocycles. The molecule has 3 nitrogen and oxygen atoms in total. The number of benzene rings is 2. The van der Waals surface area contributed by atoms with Crippen molar-refractivity contribution < 1.29 is 5.11 Å². The fourth-order valence-corrected chi connectivity index (χ4v) is 2.21. The molecule has 90 valence electrons. The van der Waals surface area contributed by atoms with Crippen LogP contribution in [-0.4, -0.2) is 21.3 Å². The standard InChI is InChI=1S/C15H14N2O/c18-11-10-17-14-9-5-4-8-13(14)16-15(17)12-6-2-1-3-7-12/h1-9,18H,10-11H2. The minimum atomic E-state index is 0.111. The molecule has 3 rings (SSSR count). The van der Waals surface area contributed by atoms with Gasteiger partial charge in [0.15, 0.2) is 0 Å². The predicted molar refractivity (Wildman–Crippen MR) is 72.3 cm³/mol. The van der Waals surface area contributed by atoms with Crippen LogP contribution in [0.15, 0.2) is 54.6 Å². The second kappa shape index (κ2) is 4.63. The topological polar surface area (TPSA) is 38.0 Å². The lowest BCUT2D eigenvalue weighted by molar-refractivity contribution is 0.278. The van der Waals surface area contributed by atoms with Gasteiger partial charge in [0.2, 0.25) is 0 Å². The van der Waals surface area contributed by atoms with Gasteiger partial charge in [0.05, 0.1) is 17.6 Å². The lowest BCUT2D eigenvalue weighted by atomic mass is 10.2. The monoisotopic (exact) mass is 238 g/mol. The van der Waals surface area contributed by atoms with Gasteiger partial charge in [-0.15, -0.1) is 0 Å². The average molecular weight is 238 g/mol. The Kier molecular flexibility index (Phi) is 2.82. The van der Waals surface area contributed by atoms with E-state index in [0.717, 1.165) is 22.4 Å². The highest BCUT2D eigenvalue weighted by atomic mass is 16.3. The Labute approximate surface area is 105 Å². The summed E-state index contributed by atoms with van der Waals surface area (Å²) in [6.07, 6.45) is 0. The van der Waals surface area contributed by atoms with Gasteiger partial charge in [0.25, 0.3) is 0 Å². The molecule has 18 heavy (non-hydrogen) atoms. The lowest BCUT2D eigenvalue weighted by Gasteiger charge is -2.07. The van der Waals surface area contributed by atoms with Gasteiger partial charge >= 0.3 is 0 Å². The summed E-state index contributed by atoms with van der Waals surface area (Å²) in [5.74, 6) is 0.908. The molecule has 0 bridgehead atoms. The Morgan fingerprint density at radius 3 is 2.44 bits per heavy atom. The lowest BCUT2D eigenvalue weighted by Crippen LogP contribution is -2.03. The van der Waals surface area contributed by atoms with E-state index in [2.05, 4.69) is 9.55 Å². The van der Waals surface area contributed by atoms with Crippen molar-refractivity contribution in [2.24, 2.45) is 0 Å². The largest absolute Gasteiger partial charge is 0.395 e. The zero-order valence-corrected chi connectivity index (χ0v) is 9.95. The summed E-state index contributed by atoms with van der Waals surface area (Å²) in [5, 5.41) is 9.22. The Morgan fingerprint density at radius 2 is 1.67 bits per heavy atom. The van der Waals surface area contributed by atoms with Crippen LogP contribution in [0.4, 0.5) is 0 Å². The van der Waals surface area contributed by atoms with Crippen LogP contribution in [0.3, 0.4) is 0 Å². The van der Waals surface area contributed by atoms with E-state index in [1.807, 2.05) is 54.6 Å². The van der Waals surface area contributed by atoms with Crippen molar-refractivity contribution in [3.8, 4) is 11.4 Å². The summed E-state index contributed by atoms with van der Waals surface area (Å²) in [5.41, 5.74) is 3.09. The predicted octanol–water partition coefficient (Wildman–Crippen LogP) is 2.70. The number of aliphatic hydroxyl groups excluding tert-OH is 1. The Morgan fingerprint density at radius 1 is 0.944 bits per heavy atom. The van der Waals surface area contributed by atoms with Crippen LogP contribution in [0.2, 0.25) is 0 Å². The van der Waals surface area contributed by atoms with Crippen LogP contribution in [-0.2, 0) is 6.54 Å². The third kappa shape index (κ3) is 1.79. The summed E-state index contributed by atoms with van der Waals surface area (Å²) >= 11 is 0. The molecule has 0 saturated carbocycles. The highest BCUT2D eigenvalue weighted by Gasteiger charge is 2.10. The SMILES string of the molecule is OCCn1c(-c2ccccc2)nc2ccccc21. The number of imidazole rings is 1. The number of rotatable bonds is 3. The van der Waals surface area contributed by atoms with Crippen LogP contribution in [0.25, 0.3) is 22.4 Å². The van der Waals surface area contributed by atoms with Crippen LogP contribution >= 0.6 is 0 Å². The molecule has 0 saturated heterocycles. The Bertz CT molecular complexity index is 659. The van der Waals surface area contributed by atoms with E-state index in [4.69, 9.17) is 0 Å². The van der Waals surface area contributed by atoms with E-state index in [1.165, 1.54) is 0 Å². The molecule has 2 aromatic carbocycles. The van der Waals surface area contributed by atoms with E-state index in [1.54, 1.807) is 0 Å². The second-order valence-electron chi connectivity index (χ2n) is 4.17. The minimum absolute atomic E-state index is 0.111. The van der Waals surface area contributed by atoms with Gasteiger partial charge < -0.3 is 9.67 Å². The molecule has 3 heteroatoms. The maximum absolute atomic E-state index is 9.22. The number of nitrogens with zero attached hydrogens (tertiary/aromatic N) is 2. The molecule has 0 spiro atoms. The number of aromatic nitrogens is 2. The first-order chi connectivity index (χ1) is 8.90. The molecule has 0 amide bonds. The van der Waals surface area contributed by atoms with E-state index in [-0.39, 0.29) is 6.61 Å². The van der Waals surface area contributed by atoms with Crippen LogP contribution < -0.4 is 0 Å². The number of para-hydroxylation sites is 2. The van der Waals surface area contributed by atoms with Crippen molar-refractivity contribution in [1.82, 2.24) is 9.55 Å². The normalized spacial score (nSPS) is 10.9. The van der Waals surface area contributed by atoms with Crippen molar-refractivity contribution in [3.63, 3.8) is 0 Å². The number of hydrogen-bond acceptors (Lipinski definition) is 2. The second-order valence-corrected chi connectivity index (χ2v) is 4.17. The van der Waals surface area contributed by atoms with Crippen molar-refractivity contribution in [3.05, 3.63) is 54.6 Å². The van der Waals surface area contributed by atoms with Crippen LogP contribution in [0.5, 0.6) is 0 Å². The first kappa shape index (κ1) is 11.0. The van der Waals surface area contributed by atoms with Crippen molar-refractivity contribution >= 4 is 11.0 Å². The fraction of sp³-hybridized carbons (Fsp3) is 0.133. The molecule has 0 fully saturated rings. The molecule has 0 aliphatic rings. The van der Waals surface area contributed by atoms with Crippen molar-refractivity contribution in [2.75, 3.05) is 6.61 Å². The summed E-state index contributed by atoms with van der Waals surface area (Å²) in [6, 6.07) is 18.1. The van der Waals surface area contributed by atoms with Crippen LogP contribution in [0, 0.1) is 0 Å². The van der Waals surface area contributed by atoms with Gasteiger partial charge in [0, 0.05) is 12.1 Å². The minimum Gasteiger partial charge on any atom is -0.395 e. The molecule has 3 aromatic rings. The van der Waals surface area contributed by atoms with Crippen molar-refractivity contribution in [1.29, 1.82) is 0 Å². The fourth-order valence-electron chi connectivity index (χ4n) is 2.21. The molecule has 0 unspecified atom stereocenters. The Balaban J connectivity index is 2.25. The van der Waals surface area contributed by atoms with Gasteiger partial charge in [-0.05, 0) is 12.1 Å². The maximum atomic E-state index is 9.22. The Hall–Kier alpha value is -2.13. The van der Waals surface area contributed by atoms with Gasteiger partial charge in [-0.2, -0.15) is 0 Å². The number of fused-ring (bicyclic) bond motifs is 1. The highest BCUT2D eigenvalue weighted by molar-refractivity contribution is 5.80. The zero-order valence-electron chi connectivity index (χ0n) is 9.95. The van der Waals surface area contributed by atoms with E-state index in [0.29, 0.717) is 6.54 Å². The molecular weight excluding hydrogens is 224 g/mol. The molecule has 0 aliphatic heterocycles. The summed E-state index contributed by atoms with van der Waals surface area (Å²) in [7, 11) is 0. The third-order valence-electron chi connectivity index (χ3n) is 3.01. The molecule has 0 atom stereocenters. The quantitative estimate of drug-likeness (QED) is 0.761. The molecule has 0 radical (unpaired) electrons. The smallest absolute Gasteiger partial charge is 0.141 e. The summed E-state index contributed by atoms with van der Waals surface area (Å²) in [6.45, 7) is 0.672. The van der Waals surface area contributed by atoms with Gasteiger partial charge in [-0.1, -0.05) is 42.5 Å². The molecule has 1 heterocycles. The first-order valence-corrected chi connectivity index (χ1v) is 6.01. The van der Waals surface area contributed by atoms with Gasteiger partial charge in [0.1, 0.15) is 5.82 Å². The first-order valence-electron chi connectivity index (χ1n) is 6.01. The maximum Gasteiger partial charge on any atom is 0.141 e. The van der Waals surface area contributed by atoms with E-state index in [9.17, 15) is 5.11 Å². The number of aliphatic hydroxyl groups is 1. The van der Waals surface area contributed by atoms with E-state index < -0.39 is 0 Å². The van der Waals surface area contributed by atoms with Crippen molar-refractivity contribution in [2.45, 2.75) is 6.54 Å². The zero-order chi connectivity index (χ0) is 12.4. The average Bonchev–Trinajstić information content (AvgIpc) is 2.80. The summed E-state index contributed by atoms with van der Waals surface area (Å²) < 4.78 is 2.06. The van der Waals surface area contributed by atoms with E-state index >= 15 is 0 Å².